The molecule has 1 aliphatic carbocycles. The molecule has 2 rings (SSSR count). The summed E-state index contributed by atoms with van der Waals surface area (Å²) in [6.45, 7) is 0. The Kier molecular flexibility index (Phi) is 1.86. The Hall–Kier alpha value is -0.865. The molecule has 0 fully saturated rings. The maximum absolute atomic E-state index is 9.02. The van der Waals surface area contributed by atoms with E-state index in [-0.39, 0.29) is 0 Å². The summed E-state index contributed by atoms with van der Waals surface area (Å²) >= 11 is 0. The largest absolute Gasteiger partial charge is 0.488 e. The van der Waals surface area contributed by atoms with Crippen LogP contribution in [0.5, 0.6) is 0 Å². The topological polar surface area (TPSA) is 53.4 Å². The van der Waals surface area contributed by atoms with Crippen molar-refractivity contribution in [1.82, 2.24) is 4.98 Å². The molecular weight excluding hydrogens is 153 g/mol. The number of aryl methyl sites for hydroxylation is 1. The first-order valence-electron chi connectivity index (χ1n) is 4.12. The Morgan fingerprint density at radius 3 is 2.92 bits per heavy atom. The van der Waals surface area contributed by atoms with Gasteiger partial charge in [0.05, 0.1) is 0 Å². The van der Waals surface area contributed by atoms with Gasteiger partial charge in [0.1, 0.15) is 0 Å². The average Bonchev–Trinajstić information content (AvgIpc) is 2.49. The van der Waals surface area contributed by atoms with E-state index in [1.54, 1.807) is 12.3 Å². The smallest absolute Gasteiger partial charge is 0.423 e. The molecular formula is C8H10BNO2. The lowest BCUT2D eigenvalue weighted by Crippen LogP contribution is -2.33. The van der Waals surface area contributed by atoms with Crippen molar-refractivity contribution < 1.29 is 10.0 Å². The molecule has 1 aromatic rings. The number of rotatable bonds is 1. The monoisotopic (exact) mass is 163 g/mol. The first-order chi connectivity index (χ1) is 5.79. The van der Waals surface area contributed by atoms with E-state index in [0.717, 1.165) is 30.5 Å². The first kappa shape index (κ1) is 7.77. The number of nitrogens with zero attached hydrogens (tertiary/aromatic N) is 1. The molecule has 0 aromatic carbocycles. The highest BCUT2D eigenvalue weighted by Crippen LogP contribution is 2.17. The minimum Gasteiger partial charge on any atom is -0.423 e. The van der Waals surface area contributed by atoms with Gasteiger partial charge in [0.15, 0.2) is 0 Å². The van der Waals surface area contributed by atoms with Crippen LogP contribution in [0.1, 0.15) is 17.7 Å². The number of hydrogen-bond donors (Lipinski definition) is 2. The second-order valence-electron chi connectivity index (χ2n) is 3.05. The fourth-order valence-electron chi connectivity index (χ4n) is 1.73. The van der Waals surface area contributed by atoms with Crippen LogP contribution < -0.4 is 5.46 Å². The molecule has 0 bridgehead atoms. The van der Waals surface area contributed by atoms with Gasteiger partial charge >= 0.3 is 7.12 Å². The standard InChI is InChI=1S/C8H10BNO2/c11-9(12)7-4-5-10-8-3-1-2-6(7)8/h4-5,11-12H,1-3H2. The van der Waals surface area contributed by atoms with Crippen LogP contribution in [0.4, 0.5) is 0 Å². The van der Waals surface area contributed by atoms with Gasteiger partial charge in [0.2, 0.25) is 0 Å². The van der Waals surface area contributed by atoms with E-state index < -0.39 is 7.12 Å². The molecule has 0 aliphatic heterocycles. The van der Waals surface area contributed by atoms with Crippen molar-refractivity contribution >= 4 is 12.6 Å². The van der Waals surface area contributed by atoms with Crippen molar-refractivity contribution in [2.45, 2.75) is 19.3 Å². The van der Waals surface area contributed by atoms with Gasteiger partial charge in [-0.2, -0.15) is 0 Å². The fraction of sp³-hybridized carbons (Fsp3) is 0.375. The van der Waals surface area contributed by atoms with E-state index in [0.29, 0.717) is 5.46 Å². The number of fused-ring (bicyclic) bond motifs is 1. The number of pyridine rings is 1. The maximum Gasteiger partial charge on any atom is 0.488 e. The van der Waals surface area contributed by atoms with E-state index in [1.165, 1.54) is 0 Å². The highest BCUT2D eigenvalue weighted by atomic mass is 16.4. The van der Waals surface area contributed by atoms with Gasteiger partial charge in [0.25, 0.3) is 0 Å². The van der Waals surface area contributed by atoms with Gasteiger partial charge in [0, 0.05) is 11.9 Å². The minimum atomic E-state index is -1.35. The minimum absolute atomic E-state index is 0.623. The lowest BCUT2D eigenvalue weighted by atomic mass is 9.77. The summed E-state index contributed by atoms with van der Waals surface area (Å²) in [4.78, 5) is 4.18. The third kappa shape index (κ3) is 1.13. The normalized spacial score (nSPS) is 14.5. The number of hydrogen-bond acceptors (Lipinski definition) is 3. The van der Waals surface area contributed by atoms with E-state index in [2.05, 4.69) is 4.98 Å². The lowest BCUT2D eigenvalue weighted by molar-refractivity contribution is 0.425. The summed E-state index contributed by atoms with van der Waals surface area (Å²) in [6, 6.07) is 1.68. The van der Waals surface area contributed by atoms with Crippen LogP contribution in [-0.4, -0.2) is 22.2 Å². The molecule has 3 nitrogen and oxygen atoms in total. The molecule has 0 saturated heterocycles. The van der Waals surface area contributed by atoms with Crippen molar-refractivity contribution in [2.24, 2.45) is 0 Å². The van der Waals surface area contributed by atoms with Crippen LogP contribution in [0.3, 0.4) is 0 Å². The Morgan fingerprint density at radius 2 is 2.17 bits per heavy atom. The molecule has 1 aromatic heterocycles. The van der Waals surface area contributed by atoms with Crippen molar-refractivity contribution in [1.29, 1.82) is 0 Å². The van der Waals surface area contributed by atoms with Crippen LogP contribution in [0, 0.1) is 0 Å². The van der Waals surface area contributed by atoms with Gasteiger partial charge in [-0.3, -0.25) is 4.98 Å². The molecule has 62 valence electrons. The van der Waals surface area contributed by atoms with Crippen molar-refractivity contribution in [3.63, 3.8) is 0 Å². The highest BCUT2D eigenvalue weighted by Gasteiger charge is 2.21. The van der Waals surface area contributed by atoms with E-state index in [9.17, 15) is 0 Å². The molecule has 0 unspecified atom stereocenters. The van der Waals surface area contributed by atoms with Crippen LogP contribution in [0.25, 0.3) is 0 Å². The zero-order valence-electron chi connectivity index (χ0n) is 6.70. The second-order valence-corrected chi connectivity index (χ2v) is 3.05. The third-order valence-corrected chi connectivity index (χ3v) is 2.30. The van der Waals surface area contributed by atoms with Gasteiger partial charge in [-0.15, -0.1) is 0 Å². The van der Waals surface area contributed by atoms with E-state index >= 15 is 0 Å². The SMILES string of the molecule is OB(O)c1ccnc2c1CCC2. The Bertz CT molecular complexity index is 301. The molecule has 0 spiro atoms. The van der Waals surface area contributed by atoms with Crippen molar-refractivity contribution in [2.75, 3.05) is 0 Å². The molecule has 2 N–H and O–H groups in total. The van der Waals surface area contributed by atoms with Crippen LogP contribution >= 0.6 is 0 Å². The molecule has 0 atom stereocenters. The fourth-order valence-corrected chi connectivity index (χ4v) is 1.73. The van der Waals surface area contributed by atoms with Gasteiger partial charge in [-0.1, -0.05) is 0 Å². The molecule has 0 radical (unpaired) electrons. The Labute approximate surface area is 71.2 Å². The predicted molar refractivity (Wildman–Crippen MR) is 46.1 cm³/mol. The van der Waals surface area contributed by atoms with E-state index in [4.69, 9.17) is 10.0 Å². The molecule has 1 heterocycles. The average molecular weight is 163 g/mol. The Balaban J connectivity index is 2.49. The van der Waals surface area contributed by atoms with Crippen molar-refractivity contribution in [3.8, 4) is 0 Å². The zero-order valence-corrected chi connectivity index (χ0v) is 6.70. The van der Waals surface area contributed by atoms with Crippen LogP contribution in [-0.2, 0) is 12.8 Å². The number of aromatic nitrogens is 1. The van der Waals surface area contributed by atoms with Gasteiger partial charge in [-0.25, -0.2) is 0 Å². The predicted octanol–water partition coefficient (Wildman–Crippen LogP) is -0.750. The first-order valence-corrected chi connectivity index (χ1v) is 4.12. The second kappa shape index (κ2) is 2.88. The molecule has 0 saturated carbocycles. The molecule has 0 amide bonds. The van der Waals surface area contributed by atoms with Crippen LogP contribution in [0.2, 0.25) is 0 Å². The van der Waals surface area contributed by atoms with Crippen LogP contribution in [0.15, 0.2) is 12.3 Å². The molecule has 1 aliphatic rings. The molecule has 12 heavy (non-hydrogen) atoms. The quantitative estimate of drug-likeness (QED) is 0.535. The Morgan fingerprint density at radius 1 is 1.33 bits per heavy atom. The van der Waals surface area contributed by atoms with Crippen molar-refractivity contribution in [3.05, 3.63) is 23.5 Å². The maximum atomic E-state index is 9.02. The summed E-state index contributed by atoms with van der Waals surface area (Å²) in [5, 5.41) is 18.0. The van der Waals surface area contributed by atoms with E-state index in [1.807, 2.05) is 0 Å². The third-order valence-electron chi connectivity index (χ3n) is 2.30. The molecule has 4 heteroatoms. The summed E-state index contributed by atoms with van der Waals surface area (Å²) in [6.07, 6.45) is 4.61. The van der Waals surface area contributed by atoms with Gasteiger partial charge < -0.3 is 10.0 Å². The highest BCUT2D eigenvalue weighted by molar-refractivity contribution is 6.59. The lowest BCUT2D eigenvalue weighted by Gasteiger charge is -2.05. The van der Waals surface area contributed by atoms with Gasteiger partial charge in [-0.05, 0) is 36.4 Å². The summed E-state index contributed by atoms with van der Waals surface area (Å²) in [5.74, 6) is 0. The summed E-state index contributed by atoms with van der Waals surface area (Å²) < 4.78 is 0. The zero-order chi connectivity index (χ0) is 8.55. The summed E-state index contributed by atoms with van der Waals surface area (Å²) in [7, 11) is -1.35. The summed E-state index contributed by atoms with van der Waals surface area (Å²) in [5.41, 5.74) is 2.69.